The molecule has 0 spiro atoms. The Labute approximate surface area is 133 Å². The van der Waals surface area contributed by atoms with Crippen molar-refractivity contribution in [3.8, 4) is 0 Å². The summed E-state index contributed by atoms with van der Waals surface area (Å²) in [6.45, 7) is 0.227. The predicted molar refractivity (Wildman–Crippen MR) is 80.1 cm³/mol. The summed E-state index contributed by atoms with van der Waals surface area (Å²) < 4.78 is 42.6. The standard InChI is InChI=1S/C16H20ClF3O2/c17-10-5-3-1-2-4-6-11-22-15(21)13-8-7-9-14(12-13)16(18,19)20/h7-9,12H,1-6,10-11H2. The maximum absolute atomic E-state index is 12.6. The van der Waals surface area contributed by atoms with Gasteiger partial charge in [0.1, 0.15) is 0 Å². The summed E-state index contributed by atoms with van der Waals surface area (Å²) >= 11 is 5.57. The molecule has 124 valence electrons. The van der Waals surface area contributed by atoms with E-state index < -0.39 is 17.7 Å². The third-order valence-electron chi connectivity index (χ3n) is 3.19. The third-order valence-corrected chi connectivity index (χ3v) is 3.45. The van der Waals surface area contributed by atoms with Gasteiger partial charge in [0.15, 0.2) is 0 Å². The van der Waals surface area contributed by atoms with Gasteiger partial charge in [-0.1, -0.05) is 31.7 Å². The molecule has 0 amide bonds. The number of ether oxygens (including phenoxy) is 1. The summed E-state index contributed by atoms with van der Waals surface area (Å²) in [5.74, 6) is -0.0394. The van der Waals surface area contributed by atoms with Crippen molar-refractivity contribution >= 4 is 17.6 Å². The number of esters is 1. The van der Waals surface area contributed by atoms with Gasteiger partial charge in [0, 0.05) is 5.88 Å². The molecule has 0 unspecified atom stereocenters. The van der Waals surface area contributed by atoms with Gasteiger partial charge < -0.3 is 4.74 Å². The molecular formula is C16H20ClF3O2. The topological polar surface area (TPSA) is 26.3 Å². The highest BCUT2D eigenvalue weighted by Gasteiger charge is 2.31. The number of benzene rings is 1. The van der Waals surface area contributed by atoms with Crippen LogP contribution in [0.1, 0.15) is 54.4 Å². The number of hydrogen-bond donors (Lipinski definition) is 0. The van der Waals surface area contributed by atoms with Crippen LogP contribution in [-0.2, 0) is 10.9 Å². The number of unbranched alkanes of at least 4 members (excludes halogenated alkanes) is 5. The highest BCUT2D eigenvalue weighted by molar-refractivity contribution is 6.17. The van der Waals surface area contributed by atoms with Crippen molar-refractivity contribution in [2.75, 3.05) is 12.5 Å². The minimum absolute atomic E-state index is 0.0723. The second-order valence-corrected chi connectivity index (χ2v) is 5.40. The van der Waals surface area contributed by atoms with Gasteiger partial charge in [-0.05, 0) is 31.0 Å². The van der Waals surface area contributed by atoms with Crippen LogP contribution in [0.3, 0.4) is 0 Å². The van der Waals surface area contributed by atoms with Crippen LogP contribution in [0.25, 0.3) is 0 Å². The number of rotatable bonds is 9. The summed E-state index contributed by atoms with van der Waals surface area (Å²) in [7, 11) is 0. The van der Waals surface area contributed by atoms with E-state index in [0.717, 1.165) is 44.2 Å². The molecule has 1 rings (SSSR count). The number of hydrogen-bond acceptors (Lipinski definition) is 2. The minimum atomic E-state index is -4.46. The van der Waals surface area contributed by atoms with Crippen molar-refractivity contribution < 1.29 is 22.7 Å². The van der Waals surface area contributed by atoms with Gasteiger partial charge in [0.2, 0.25) is 0 Å². The van der Waals surface area contributed by atoms with Gasteiger partial charge in [-0.25, -0.2) is 4.79 Å². The molecule has 2 nitrogen and oxygen atoms in total. The first-order chi connectivity index (χ1) is 10.4. The highest BCUT2D eigenvalue weighted by Crippen LogP contribution is 2.29. The molecule has 0 aliphatic heterocycles. The van der Waals surface area contributed by atoms with E-state index in [9.17, 15) is 18.0 Å². The summed E-state index contributed by atoms with van der Waals surface area (Å²) in [5.41, 5.74) is -0.918. The maximum atomic E-state index is 12.6. The van der Waals surface area contributed by atoms with Gasteiger partial charge in [-0.2, -0.15) is 13.2 Å². The van der Waals surface area contributed by atoms with Crippen molar-refractivity contribution in [2.24, 2.45) is 0 Å². The predicted octanol–water partition coefficient (Wildman–Crippen LogP) is 5.44. The zero-order valence-corrected chi connectivity index (χ0v) is 13.1. The molecule has 0 aliphatic carbocycles. The van der Waals surface area contributed by atoms with Crippen LogP contribution >= 0.6 is 11.6 Å². The average molecular weight is 337 g/mol. The molecule has 0 aromatic heterocycles. The largest absolute Gasteiger partial charge is 0.462 e. The molecule has 0 fully saturated rings. The smallest absolute Gasteiger partial charge is 0.416 e. The lowest BCUT2D eigenvalue weighted by Gasteiger charge is -2.09. The Morgan fingerprint density at radius 3 is 2.32 bits per heavy atom. The van der Waals surface area contributed by atoms with Gasteiger partial charge >= 0.3 is 12.1 Å². The lowest BCUT2D eigenvalue weighted by atomic mass is 10.1. The summed E-state index contributed by atoms with van der Waals surface area (Å²) in [6, 6.07) is 4.27. The number of halogens is 4. The SMILES string of the molecule is O=C(OCCCCCCCCCl)c1cccc(C(F)(F)F)c1. The quantitative estimate of drug-likeness (QED) is 0.341. The summed E-state index contributed by atoms with van der Waals surface area (Å²) in [4.78, 5) is 11.7. The van der Waals surface area contributed by atoms with E-state index in [1.54, 1.807) is 0 Å². The van der Waals surface area contributed by atoms with Crippen LogP contribution in [0.2, 0.25) is 0 Å². The molecule has 0 bridgehead atoms. The Balaban J connectivity index is 2.28. The fourth-order valence-electron chi connectivity index (χ4n) is 1.97. The molecule has 1 aromatic rings. The Bertz CT molecular complexity index is 461. The van der Waals surface area contributed by atoms with E-state index in [4.69, 9.17) is 16.3 Å². The lowest BCUT2D eigenvalue weighted by Crippen LogP contribution is -2.10. The molecule has 0 heterocycles. The van der Waals surface area contributed by atoms with E-state index in [-0.39, 0.29) is 12.2 Å². The van der Waals surface area contributed by atoms with Crippen molar-refractivity contribution in [2.45, 2.75) is 44.7 Å². The normalized spacial score (nSPS) is 11.5. The first-order valence-electron chi connectivity index (χ1n) is 7.35. The zero-order valence-electron chi connectivity index (χ0n) is 12.3. The second-order valence-electron chi connectivity index (χ2n) is 5.02. The zero-order chi connectivity index (χ0) is 16.4. The Morgan fingerprint density at radius 1 is 1.05 bits per heavy atom. The second kappa shape index (κ2) is 9.72. The average Bonchev–Trinajstić information content (AvgIpc) is 2.49. The van der Waals surface area contributed by atoms with Crippen LogP contribution in [-0.4, -0.2) is 18.5 Å². The Hall–Kier alpha value is -1.23. The van der Waals surface area contributed by atoms with Gasteiger partial charge in [0.25, 0.3) is 0 Å². The van der Waals surface area contributed by atoms with Crippen molar-refractivity contribution in [3.63, 3.8) is 0 Å². The fraction of sp³-hybridized carbons (Fsp3) is 0.562. The van der Waals surface area contributed by atoms with Crippen molar-refractivity contribution in [1.29, 1.82) is 0 Å². The molecule has 0 aliphatic rings. The van der Waals surface area contributed by atoms with Gasteiger partial charge in [-0.15, -0.1) is 11.6 Å². The van der Waals surface area contributed by atoms with E-state index >= 15 is 0 Å². The van der Waals surface area contributed by atoms with Crippen LogP contribution in [0.15, 0.2) is 24.3 Å². The van der Waals surface area contributed by atoms with Crippen LogP contribution in [0.5, 0.6) is 0 Å². The lowest BCUT2D eigenvalue weighted by molar-refractivity contribution is -0.137. The molecule has 0 radical (unpaired) electrons. The molecule has 1 aromatic carbocycles. The van der Waals surface area contributed by atoms with E-state index in [0.29, 0.717) is 12.3 Å². The molecule has 6 heteroatoms. The van der Waals surface area contributed by atoms with Gasteiger partial charge in [-0.3, -0.25) is 0 Å². The molecular weight excluding hydrogens is 317 g/mol. The Kier molecular flexibility index (Phi) is 8.31. The number of alkyl halides is 4. The molecule has 0 saturated carbocycles. The molecule has 22 heavy (non-hydrogen) atoms. The van der Waals surface area contributed by atoms with Crippen LogP contribution in [0.4, 0.5) is 13.2 Å². The number of carbonyl (C=O) groups is 1. The third kappa shape index (κ3) is 7.16. The minimum Gasteiger partial charge on any atom is -0.462 e. The molecule has 0 N–H and O–H groups in total. The fourth-order valence-corrected chi connectivity index (χ4v) is 2.16. The van der Waals surface area contributed by atoms with Crippen molar-refractivity contribution in [1.82, 2.24) is 0 Å². The summed E-state index contributed by atoms with van der Waals surface area (Å²) in [6.07, 6.45) is 1.41. The highest BCUT2D eigenvalue weighted by atomic mass is 35.5. The number of carbonyl (C=O) groups excluding carboxylic acids is 1. The first kappa shape index (κ1) is 18.8. The summed E-state index contributed by atoms with van der Waals surface area (Å²) in [5, 5.41) is 0. The molecule has 0 atom stereocenters. The monoisotopic (exact) mass is 336 g/mol. The van der Waals surface area contributed by atoms with Gasteiger partial charge in [0.05, 0.1) is 17.7 Å². The Morgan fingerprint density at radius 2 is 1.68 bits per heavy atom. The first-order valence-corrected chi connectivity index (χ1v) is 7.89. The molecule has 0 saturated heterocycles. The van der Waals surface area contributed by atoms with E-state index in [1.807, 2.05) is 0 Å². The van der Waals surface area contributed by atoms with Crippen molar-refractivity contribution in [3.05, 3.63) is 35.4 Å². The van der Waals surface area contributed by atoms with E-state index in [1.165, 1.54) is 12.1 Å². The van der Waals surface area contributed by atoms with E-state index in [2.05, 4.69) is 0 Å². The van der Waals surface area contributed by atoms with Crippen LogP contribution < -0.4 is 0 Å². The van der Waals surface area contributed by atoms with Crippen LogP contribution in [0, 0.1) is 0 Å². The maximum Gasteiger partial charge on any atom is 0.416 e.